The zero-order valence-corrected chi connectivity index (χ0v) is 27.2. The van der Waals surface area contributed by atoms with Gasteiger partial charge >= 0.3 is 0 Å². The van der Waals surface area contributed by atoms with Crippen molar-refractivity contribution < 1.29 is 0 Å². The molecule has 2 heteroatoms. The highest BCUT2D eigenvalue weighted by Crippen LogP contribution is 2.53. The van der Waals surface area contributed by atoms with Crippen LogP contribution in [-0.4, -0.2) is 0 Å². The minimum Gasteiger partial charge on any atom is -0.355 e. The quantitative estimate of drug-likeness (QED) is 0.202. The first-order valence-corrected chi connectivity index (χ1v) is 17.1. The van der Waals surface area contributed by atoms with E-state index >= 15 is 0 Å². The number of anilines is 2. The first kappa shape index (κ1) is 27.8. The molecular weight excluding hydrogens is 587 g/mol. The first-order chi connectivity index (χ1) is 23.1. The van der Waals surface area contributed by atoms with Crippen molar-refractivity contribution in [3.63, 3.8) is 0 Å². The summed E-state index contributed by atoms with van der Waals surface area (Å²) in [5.41, 5.74) is 15.0. The molecule has 1 nitrogen and oxygen atoms in total. The summed E-state index contributed by atoms with van der Waals surface area (Å²) in [6.45, 7) is 4.72. The van der Waals surface area contributed by atoms with Gasteiger partial charge in [0, 0.05) is 48.1 Å². The third kappa shape index (κ3) is 4.44. The van der Waals surface area contributed by atoms with Gasteiger partial charge < -0.3 is 5.32 Å². The summed E-state index contributed by atoms with van der Waals surface area (Å²) in [5, 5.41) is 6.54. The maximum absolute atomic E-state index is 3.90. The van der Waals surface area contributed by atoms with Crippen molar-refractivity contribution in [3.8, 4) is 44.5 Å². The second-order valence-corrected chi connectivity index (χ2v) is 14.0. The van der Waals surface area contributed by atoms with Crippen LogP contribution in [-0.2, 0) is 5.41 Å². The fourth-order valence-electron chi connectivity index (χ4n) is 7.64. The lowest BCUT2D eigenvalue weighted by Gasteiger charge is -2.23. The second kappa shape index (κ2) is 10.8. The molecule has 0 bridgehead atoms. The summed E-state index contributed by atoms with van der Waals surface area (Å²) in [5.74, 6) is 0. The number of hydrogen-bond donors (Lipinski definition) is 1. The van der Waals surface area contributed by atoms with Crippen LogP contribution >= 0.6 is 11.3 Å². The van der Waals surface area contributed by atoms with Gasteiger partial charge in [-0.05, 0) is 68.8 Å². The summed E-state index contributed by atoms with van der Waals surface area (Å²) < 4.78 is 2.65. The Morgan fingerprint density at radius 3 is 1.96 bits per heavy atom. The highest BCUT2D eigenvalue weighted by molar-refractivity contribution is 7.26. The lowest BCUT2D eigenvalue weighted by atomic mass is 9.82. The molecule has 0 spiro atoms. The molecule has 8 aromatic rings. The van der Waals surface area contributed by atoms with Gasteiger partial charge in [0.15, 0.2) is 0 Å². The van der Waals surface area contributed by atoms with Gasteiger partial charge in [-0.3, -0.25) is 0 Å². The van der Waals surface area contributed by atoms with Crippen LogP contribution in [0.2, 0.25) is 0 Å². The molecule has 1 heterocycles. The summed E-state index contributed by atoms with van der Waals surface area (Å²) in [7, 11) is 0. The van der Waals surface area contributed by atoms with Crippen molar-refractivity contribution in [2.24, 2.45) is 0 Å². The summed E-state index contributed by atoms with van der Waals surface area (Å²) in [6, 6.07) is 57.5. The molecule has 0 unspecified atom stereocenters. The van der Waals surface area contributed by atoms with Gasteiger partial charge in [0.25, 0.3) is 0 Å². The lowest BCUT2D eigenvalue weighted by Crippen LogP contribution is -2.15. The van der Waals surface area contributed by atoms with Gasteiger partial charge in [-0.25, -0.2) is 0 Å². The van der Waals surface area contributed by atoms with Gasteiger partial charge in [-0.15, -0.1) is 11.3 Å². The van der Waals surface area contributed by atoms with Gasteiger partial charge in [-0.1, -0.05) is 147 Å². The average molecular weight is 620 g/mol. The van der Waals surface area contributed by atoms with E-state index in [-0.39, 0.29) is 5.41 Å². The SMILES string of the molecule is CC1(C)c2cc(Nc3cccc(-c4cccc5c4sc4ccccc45)c3-c3ccccc3)ccc2-c2c(-c3ccccc3)cccc21. The molecule has 0 fully saturated rings. The Morgan fingerprint density at radius 2 is 1.13 bits per heavy atom. The summed E-state index contributed by atoms with van der Waals surface area (Å²) in [4.78, 5) is 0. The Morgan fingerprint density at radius 1 is 0.468 bits per heavy atom. The number of hydrogen-bond acceptors (Lipinski definition) is 2. The molecule has 0 saturated heterocycles. The Hall–Kier alpha value is -5.44. The van der Waals surface area contributed by atoms with Crippen molar-refractivity contribution in [2.45, 2.75) is 19.3 Å². The van der Waals surface area contributed by atoms with E-state index in [1.165, 1.54) is 75.8 Å². The fraction of sp³-hybridized carbons (Fsp3) is 0.0667. The molecule has 0 saturated carbocycles. The molecule has 1 aliphatic carbocycles. The van der Waals surface area contributed by atoms with Gasteiger partial charge in [-0.2, -0.15) is 0 Å². The lowest BCUT2D eigenvalue weighted by molar-refractivity contribution is 0.661. The minimum atomic E-state index is -0.117. The highest BCUT2D eigenvalue weighted by atomic mass is 32.1. The van der Waals surface area contributed by atoms with Crippen molar-refractivity contribution in [3.05, 3.63) is 169 Å². The number of thiophene rings is 1. The van der Waals surface area contributed by atoms with Crippen molar-refractivity contribution in [1.29, 1.82) is 0 Å². The maximum atomic E-state index is 3.90. The van der Waals surface area contributed by atoms with Crippen molar-refractivity contribution in [2.75, 3.05) is 5.32 Å². The molecule has 224 valence electrons. The molecule has 0 aliphatic heterocycles. The first-order valence-electron chi connectivity index (χ1n) is 16.3. The Labute approximate surface area is 279 Å². The van der Waals surface area contributed by atoms with E-state index < -0.39 is 0 Å². The Kier molecular flexibility index (Phi) is 6.41. The molecule has 1 aliphatic rings. The van der Waals surface area contributed by atoms with Crippen LogP contribution in [0.25, 0.3) is 64.7 Å². The van der Waals surface area contributed by atoms with E-state index in [2.05, 4.69) is 177 Å². The van der Waals surface area contributed by atoms with Gasteiger partial charge in [0.05, 0.1) is 0 Å². The van der Waals surface area contributed by atoms with Crippen LogP contribution < -0.4 is 5.32 Å². The fourth-order valence-corrected chi connectivity index (χ4v) is 8.87. The van der Waals surface area contributed by atoms with Crippen LogP contribution in [0, 0.1) is 0 Å². The number of nitrogens with one attached hydrogen (secondary N) is 1. The second-order valence-electron chi connectivity index (χ2n) is 13.0. The molecule has 1 N–H and O–H groups in total. The summed E-state index contributed by atoms with van der Waals surface area (Å²) in [6.07, 6.45) is 0. The molecule has 1 aromatic heterocycles. The van der Waals surface area contributed by atoms with E-state index in [4.69, 9.17) is 0 Å². The Balaban J connectivity index is 1.19. The molecular formula is C45H33NS. The van der Waals surface area contributed by atoms with E-state index in [0.29, 0.717) is 0 Å². The van der Waals surface area contributed by atoms with E-state index in [0.717, 1.165) is 11.4 Å². The molecule has 0 radical (unpaired) electrons. The Bertz CT molecular complexity index is 2450. The predicted molar refractivity (Wildman–Crippen MR) is 203 cm³/mol. The molecule has 9 rings (SSSR count). The third-order valence-electron chi connectivity index (χ3n) is 9.89. The monoisotopic (exact) mass is 619 g/mol. The average Bonchev–Trinajstić information content (AvgIpc) is 3.61. The maximum Gasteiger partial charge on any atom is 0.0470 e. The van der Waals surface area contributed by atoms with Gasteiger partial charge in [0.2, 0.25) is 0 Å². The van der Waals surface area contributed by atoms with Crippen molar-refractivity contribution in [1.82, 2.24) is 0 Å². The van der Waals surface area contributed by atoms with Crippen LogP contribution in [0.5, 0.6) is 0 Å². The van der Waals surface area contributed by atoms with Crippen LogP contribution in [0.15, 0.2) is 158 Å². The van der Waals surface area contributed by atoms with Crippen LogP contribution in [0.1, 0.15) is 25.0 Å². The highest BCUT2D eigenvalue weighted by Gasteiger charge is 2.37. The number of benzene rings is 7. The summed E-state index contributed by atoms with van der Waals surface area (Å²) >= 11 is 1.88. The molecule has 0 amide bonds. The topological polar surface area (TPSA) is 12.0 Å². The van der Waals surface area contributed by atoms with Crippen LogP contribution in [0.3, 0.4) is 0 Å². The normalized spacial score (nSPS) is 13.1. The van der Waals surface area contributed by atoms with E-state index in [1.54, 1.807) is 0 Å². The zero-order valence-electron chi connectivity index (χ0n) is 26.4. The van der Waals surface area contributed by atoms with Crippen molar-refractivity contribution >= 4 is 42.9 Å². The number of fused-ring (bicyclic) bond motifs is 6. The largest absolute Gasteiger partial charge is 0.355 e. The van der Waals surface area contributed by atoms with E-state index in [9.17, 15) is 0 Å². The molecule has 7 aromatic carbocycles. The smallest absolute Gasteiger partial charge is 0.0470 e. The predicted octanol–water partition coefficient (Wildman–Crippen LogP) is 13.1. The minimum absolute atomic E-state index is 0.117. The number of rotatable bonds is 5. The molecule has 0 atom stereocenters. The van der Waals surface area contributed by atoms with Crippen LogP contribution in [0.4, 0.5) is 11.4 Å². The molecule has 47 heavy (non-hydrogen) atoms. The zero-order chi connectivity index (χ0) is 31.5. The van der Waals surface area contributed by atoms with Gasteiger partial charge in [0.1, 0.15) is 0 Å². The third-order valence-corrected chi connectivity index (χ3v) is 11.1. The van der Waals surface area contributed by atoms with E-state index in [1.807, 2.05) is 11.3 Å². The standard InChI is InChI=1S/C45H33NS/c1-45(2)38-23-12-19-32(29-14-5-3-6-15-29)43(38)37-27-26-31(28-39(37)45)46-40-24-13-20-34(42(40)30-16-7-4-8-17-30)36-22-11-21-35-33-18-9-10-25-41(33)47-44(35)36/h3-28,46H,1-2H3.